The Morgan fingerprint density at radius 1 is 1.16 bits per heavy atom. The molecule has 0 amide bonds. The molecule has 1 aromatic carbocycles. The van der Waals surface area contributed by atoms with Crippen molar-refractivity contribution in [2.24, 2.45) is 4.99 Å². The highest BCUT2D eigenvalue weighted by atomic mass is 127. The van der Waals surface area contributed by atoms with Crippen molar-refractivity contribution in [3.05, 3.63) is 48.3 Å². The molecule has 2 aromatic rings. The Balaban J connectivity index is 0.00000312. The summed E-state index contributed by atoms with van der Waals surface area (Å²) >= 11 is 0. The third kappa shape index (κ3) is 7.76. The van der Waals surface area contributed by atoms with E-state index in [1.54, 1.807) is 10.9 Å². The molecule has 5 nitrogen and oxygen atoms in total. The number of hydrogen-bond donors (Lipinski definition) is 2. The van der Waals surface area contributed by atoms with Gasteiger partial charge in [-0.15, -0.1) is 24.0 Å². The number of benzene rings is 1. The normalized spacial score (nSPS) is 11.8. The molecule has 0 radical (unpaired) electrons. The fraction of sp³-hybridized carbons (Fsp3) is 0.375. The number of nitrogens with one attached hydrogen (secondary N) is 2. The van der Waals surface area contributed by atoms with Crippen LogP contribution in [0.15, 0.2) is 47.7 Å². The summed E-state index contributed by atoms with van der Waals surface area (Å²) in [6, 6.07) is 9.80. The van der Waals surface area contributed by atoms with Crippen LogP contribution >= 0.6 is 24.0 Å². The minimum absolute atomic E-state index is 0. The Hall–Kier alpha value is -1.78. The Kier molecular flexibility index (Phi) is 8.73. The van der Waals surface area contributed by atoms with Gasteiger partial charge in [-0.2, -0.15) is 18.3 Å². The molecule has 9 heteroatoms. The average Bonchev–Trinajstić information content (AvgIpc) is 3.07. The first-order valence-electron chi connectivity index (χ1n) is 7.58. The lowest BCUT2D eigenvalue weighted by Crippen LogP contribution is -2.39. The van der Waals surface area contributed by atoms with Gasteiger partial charge in [0, 0.05) is 32.5 Å². The average molecular weight is 467 g/mol. The highest BCUT2D eigenvalue weighted by Crippen LogP contribution is 2.18. The lowest BCUT2D eigenvalue weighted by atomic mass is 10.1. The maximum Gasteiger partial charge on any atom is 0.390 e. The Labute approximate surface area is 161 Å². The largest absolute Gasteiger partial charge is 0.390 e. The molecule has 1 heterocycles. The third-order valence-corrected chi connectivity index (χ3v) is 3.34. The van der Waals surface area contributed by atoms with Crippen molar-refractivity contribution in [3.8, 4) is 5.69 Å². The molecule has 0 aliphatic carbocycles. The summed E-state index contributed by atoms with van der Waals surface area (Å²) in [5.74, 6) is 0.368. The van der Waals surface area contributed by atoms with Crippen molar-refractivity contribution < 1.29 is 13.2 Å². The van der Waals surface area contributed by atoms with Crippen LogP contribution in [-0.4, -0.2) is 42.1 Å². The lowest BCUT2D eigenvalue weighted by Gasteiger charge is -2.13. The smallest absolute Gasteiger partial charge is 0.356 e. The first kappa shape index (κ1) is 21.3. The van der Waals surface area contributed by atoms with E-state index < -0.39 is 12.6 Å². The zero-order valence-corrected chi connectivity index (χ0v) is 16.1. The van der Waals surface area contributed by atoms with E-state index in [0.717, 1.165) is 17.7 Å². The number of alkyl halides is 3. The Morgan fingerprint density at radius 2 is 1.84 bits per heavy atom. The minimum atomic E-state index is -4.16. The molecule has 0 aliphatic rings. The van der Waals surface area contributed by atoms with Crippen LogP contribution in [0, 0.1) is 0 Å². The zero-order chi connectivity index (χ0) is 17.4. The third-order valence-electron chi connectivity index (χ3n) is 3.34. The molecule has 2 N–H and O–H groups in total. The second kappa shape index (κ2) is 10.3. The SMILES string of the molecule is CN=C(NCCc1ccc(-n2cccn2)cc1)NCCC(F)(F)F.I. The summed E-state index contributed by atoms with van der Waals surface area (Å²) in [4.78, 5) is 3.90. The highest BCUT2D eigenvalue weighted by molar-refractivity contribution is 14.0. The van der Waals surface area contributed by atoms with Gasteiger partial charge in [0.05, 0.1) is 12.1 Å². The Morgan fingerprint density at radius 3 is 2.40 bits per heavy atom. The quantitative estimate of drug-likeness (QED) is 0.390. The van der Waals surface area contributed by atoms with E-state index in [2.05, 4.69) is 20.7 Å². The molecule has 0 saturated heterocycles. The van der Waals surface area contributed by atoms with E-state index in [1.807, 2.05) is 36.5 Å². The van der Waals surface area contributed by atoms with Gasteiger partial charge in [0.1, 0.15) is 0 Å². The van der Waals surface area contributed by atoms with Crippen molar-refractivity contribution in [1.29, 1.82) is 0 Å². The summed E-state index contributed by atoms with van der Waals surface area (Å²) in [7, 11) is 1.53. The second-order valence-corrected chi connectivity index (χ2v) is 5.16. The van der Waals surface area contributed by atoms with Gasteiger partial charge in [-0.25, -0.2) is 4.68 Å². The van der Waals surface area contributed by atoms with Crippen molar-refractivity contribution >= 4 is 29.9 Å². The van der Waals surface area contributed by atoms with E-state index in [1.165, 1.54) is 7.05 Å². The number of aromatic nitrogens is 2. The molecule has 0 saturated carbocycles. The van der Waals surface area contributed by atoms with Gasteiger partial charge < -0.3 is 10.6 Å². The van der Waals surface area contributed by atoms with Crippen molar-refractivity contribution in [2.75, 3.05) is 20.1 Å². The van der Waals surface area contributed by atoms with Gasteiger partial charge in [0.25, 0.3) is 0 Å². The maximum atomic E-state index is 12.1. The minimum Gasteiger partial charge on any atom is -0.356 e. The van der Waals surface area contributed by atoms with Gasteiger partial charge in [0.2, 0.25) is 0 Å². The first-order chi connectivity index (χ1) is 11.5. The number of rotatable bonds is 6. The molecule has 0 spiro atoms. The van der Waals surface area contributed by atoms with Gasteiger partial charge in [-0.05, 0) is 30.2 Å². The van der Waals surface area contributed by atoms with Crippen LogP contribution in [0.2, 0.25) is 0 Å². The summed E-state index contributed by atoms with van der Waals surface area (Å²) in [6.07, 6.45) is -0.730. The summed E-state index contributed by atoms with van der Waals surface area (Å²) in [5, 5.41) is 9.81. The van der Waals surface area contributed by atoms with Gasteiger partial charge >= 0.3 is 6.18 Å². The highest BCUT2D eigenvalue weighted by Gasteiger charge is 2.26. The number of halogens is 4. The molecule has 2 rings (SSSR count). The number of aliphatic imine (C=N–C) groups is 1. The molecule has 0 bridgehead atoms. The van der Waals surface area contributed by atoms with Gasteiger partial charge in [0.15, 0.2) is 5.96 Å². The number of hydrogen-bond acceptors (Lipinski definition) is 2. The van der Waals surface area contributed by atoms with Crippen molar-refractivity contribution in [2.45, 2.75) is 19.0 Å². The predicted molar refractivity (Wildman–Crippen MR) is 103 cm³/mol. The summed E-state index contributed by atoms with van der Waals surface area (Å²) in [6.45, 7) is 0.383. The molecular formula is C16H21F3IN5. The van der Waals surface area contributed by atoms with Crippen LogP contribution in [0.25, 0.3) is 5.69 Å². The van der Waals surface area contributed by atoms with E-state index in [9.17, 15) is 13.2 Å². The van der Waals surface area contributed by atoms with Crippen LogP contribution in [0.1, 0.15) is 12.0 Å². The van der Waals surface area contributed by atoms with E-state index >= 15 is 0 Å². The van der Waals surface area contributed by atoms with E-state index in [4.69, 9.17) is 0 Å². The zero-order valence-electron chi connectivity index (χ0n) is 13.8. The summed E-state index contributed by atoms with van der Waals surface area (Å²) in [5.41, 5.74) is 2.09. The molecule has 138 valence electrons. The van der Waals surface area contributed by atoms with Crippen molar-refractivity contribution in [3.63, 3.8) is 0 Å². The predicted octanol–water partition coefficient (Wildman–Crippen LogP) is 3.15. The monoisotopic (exact) mass is 467 g/mol. The molecule has 0 atom stereocenters. The summed E-state index contributed by atoms with van der Waals surface area (Å²) < 4.78 is 38.1. The standard InChI is InChI=1S/C16H20F3N5.HI/c1-20-15(22-11-8-16(17,18)19)21-10-7-13-3-5-14(6-4-13)24-12-2-9-23-24;/h2-6,9,12H,7-8,10-11H2,1H3,(H2,20,21,22);1H. The van der Waals surface area contributed by atoms with Crippen LogP contribution < -0.4 is 10.6 Å². The van der Waals surface area contributed by atoms with Gasteiger partial charge in [-0.3, -0.25) is 4.99 Å². The van der Waals surface area contributed by atoms with Crippen LogP contribution in [0.3, 0.4) is 0 Å². The fourth-order valence-corrected chi connectivity index (χ4v) is 2.11. The lowest BCUT2D eigenvalue weighted by molar-refractivity contribution is -0.132. The maximum absolute atomic E-state index is 12.1. The van der Waals surface area contributed by atoms with Crippen molar-refractivity contribution in [1.82, 2.24) is 20.4 Å². The first-order valence-corrected chi connectivity index (χ1v) is 7.58. The van der Waals surface area contributed by atoms with Crippen LogP contribution in [0.5, 0.6) is 0 Å². The van der Waals surface area contributed by atoms with E-state index in [0.29, 0.717) is 12.5 Å². The number of nitrogens with zero attached hydrogens (tertiary/aromatic N) is 3. The Bertz CT molecular complexity index is 639. The fourth-order valence-electron chi connectivity index (χ4n) is 2.11. The second-order valence-electron chi connectivity index (χ2n) is 5.16. The molecule has 0 aliphatic heterocycles. The molecule has 25 heavy (non-hydrogen) atoms. The molecular weight excluding hydrogens is 446 g/mol. The number of guanidine groups is 1. The van der Waals surface area contributed by atoms with E-state index in [-0.39, 0.29) is 30.5 Å². The van der Waals surface area contributed by atoms with Crippen LogP contribution in [-0.2, 0) is 6.42 Å². The van der Waals surface area contributed by atoms with Crippen LogP contribution in [0.4, 0.5) is 13.2 Å². The topological polar surface area (TPSA) is 54.2 Å². The molecule has 0 unspecified atom stereocenters. The molecule has 1 aromatic heterocycles. The molecule has 0 fully saturated rings. The van der Waals surface area contributed by atoms with Gasteiger partial charge in [-0.1, -0.05) is 12.1 Å².